The molecule has 0 bridgehead atoms. The van der Waals surface area contributed by atoms with E-state index in [1.54, 1.807) is 12.5 Å². The second-order valence-electron chi connectivity index (χ2n) is 11.6. The second-order valence-corrected chi connectivity index (χ2v) is 11.6. The second kappa shape index (κ2) is 25.5. The van der Waals surface area contributed by atoms with Crippen LogP contribution < -0.4 is 0 Å². The molecule has 0 aliphatic heterocycles. The van der Waals surface area contributed by atoms with E-state index in [-0.39, 0.29) is 31.1 Å². The molecule has 1 aromatic heterocycles. The van der Waals surface area contributed by atoms with Gasteiger partial charge in [0.25, 0.3) is 0 Å². The molecule has 1 atom stereocenters. The number of ether oxygens (including phenoxy) is 1. The Morgan fingerprint density at radius 1 is 0.683 bits per heavy atom. The normalized spacial score (nSPS) is 11.9. The van der Waals surface area contributed by atoms with Crippen molar-refractivity contribution in [3.63, 3.8) is 0 Å². The summed E-state index contributed by atoms with van der Waals surface area (Å²) in [7, 11) is 0. The molecule has 0 spiro atoms. The van der Waals surface area contributed by atoms with Gasteiger partial charge in [-0.05, 0) is 19.3 Å². The summed E-state index contributed by atoms with van der Waals surface area (Å²) >= 11 is 0. The number of esters is 1. The van der Waals surface area contributed by atoms with Gasteiger partial charge in [0, 0.05) is 31.2 Å². The third-order valence-electron chi connectivity index (χ3n) is 7.82. The van der Waals surface area contributed by atoms with E-state index in [0.717, 1.165) is 51.4 Å². The van der Waals surface area contributed by atoms with Crippen LogP contribution in [0.3, 0.4) is 0 Å². The highest BCUT2D eigenvalue weighted by atomic mass is 16.5. The van der Waals surface area contributed by atoms with E-state index in [2.05, 4.69) is 23.8 Å². The summed E-state index contributed by atoms with van der Waals surface area (Å²) in [5.41, 5.74) is 0.708. The van der Waals surface area contributed by atoms with Gasteiger partial charge in [-0.1, -0.05) is 130 Å². The number of imidazole rings is 1. The standard InChI is InChI=1S/C34H61N3O4/c1-4-7-10-12-14-16-18-20-22-24-32(38)37(33(39)25-23-21-19-17-15-13-11-8-5-2)31(27-30-28-35-29-36-30)34(40)41-26-9-6-3/h28-29,31H,4-27H2,1-3H3,(H,35,36)/t31-/m0/s1. The van der Waals surface area contributed by atoms with Crippen LogP contribution in [0.25, 0.3) is 0 Å². The molecule has 0 aromatic carbocycles. The molecule has 0 fully saturated rings. The maximum atomic E-state index is 13.5. The zero-order chi connectivity index (χ0) is 30.0. The highest BCUT2D eigenvalue weighted by molar-refractivity contribution is 5.99. The van der Waals surface area contributed by atoms with Crippen LogP contribution in [0.2, 0.25) is 0 Å². The first-order chi connectivity index (χ1) is 20.0. The number of imide groups is 1. The van der Waals surface area contributed by atoms with Crippen molar-refractivity contribution in [2.24, 2.45) is 0 Å². The topological polar surface area (TPSA) is 92.4 Å². The number of rotatable bonds is 27. The average Bonchev–Trinajstić information content (AvgIpc) is 3.48. The molecule has 2 amide bonds. The Balaban J connectivity index is 2.75. The first-order valence-corrected chi connectivity index (χ1v) is 17.0. The third-order valence-corrected chi connectivity index (χ3v) is 7.82. The van der Waals surface area contributed by atoms with Crippen molar-refractivity contribution in [1.29, 1.82) is 0 Å². The summed E-state index contributed by atoms with van der Waals surface area (Å²) in [5.74, 6) is -1.02. The molecule has 0 radical (unpaired) electrons. The van der Waals surface area contributed by atoms with E-state index in [1.807, 2.05) is 6.92 Å². The molecule has 41 heavy (non-hydrogen) atoms. The van der Waals surface area contributed by atoms with Crippen LogP contribution in [0.1, 0.15) is 168 Å². The van der Waals surface area contributed by atoms with Crippen LogP contribution >= 0.6 is 0 Å². The molecule has 236 valence electrons. The van der Waals surface area contributed by atoms with Crippen LogP contribution in [0.5, 0.6) is 0 Å². The zero-order valence-electron chi connectivity index (χ0n) is 26.7. The molecule has 0 saturated carbocycles. The molecule has 1 heterocycles. The largest absolute Gasteiger partial charge is 0.464 e. The minimum Gasteiger partial charge on any atom is -0.464 e. The van der Waals surface area contributed by atoms with Gasteiger partial charge in [-0.3, -0.25) is 14.5 Å². The summed E-state index contributed by atoms with van der Waals surface area (Å²) in [4.78, 5) is 48.6. The van der Waals surface area contributed by atoms with Gasteiger partial charge in [0.05, 0.1) is 12.9 Å². The van der Waals surface area contributed by atoms with Crippen molar-refractivity contribution in [2.75, 3.05) is 6.61 Å². The van der Waals surface area contributed by atoms with Crippen LogP contribution in [0, 0.1) is 0 Å². The van der Waals surface area contributed by atoms with Crippen molar-refractivity contribution < 1.29 is 19.1 Å². The minimum atomic E-state index is -0.968. The number of hydrogen-bond donors (Lipinski definition) is 1. The lowest BCUT2D eigenvalue weighted by Crippen LogP contribution is -2.50. The quantitative estimate of drug-likeness (QED) is 0.0835. The number of carbonyl (C=O) groups is 3. The molecule has 7 nitrogen and oxygen atoms in total. The summed E-state index contributed by atoms with van der Waals surface area (Å²) in [6.07, 6.45) is 26.3. The summed E-state index contributed by atoms with van der Waals surface area (Å²) < 4.78 is 5.55. The molecule has 0 aliphatic rings. The minimum absolute atomic E-state index is 0.192. The average molecular weight is 576 g/mol. The number of nitrogens with zero attached hydrogens (tertiary/aromatic N) is 2. The van der Waals surface area contributed by atoms with Gasteiger partial charge in [-0.25, -0.2) is 9.78 Å². The smallest absolute Gasteiger partial charge is 0.329 e. The number of hydrogen-bond acceptors (Lipinski definition) is 5. The number of aromatic nitrogens is 2. The van der Waals surface area contributed by atoms with Crippen LogP contribution in [-0.4, -0.2) is 45.3 Å². The SMILES string of the molecule is CCCCCCCCCCCC(=O)N(C(=O)CCCCCCCCCCC)[C@@H](Cc1cnc[nH]1)C(=O)OCCCC. The van der Waals surface area contributed by atoms with E-state index in [4.69, 9.17) is 4.74 Å². The van der Waals surface area contributed by atoms with E-state index in [1.165, 1.54) is 81.9 Å². The van der Waals surface area contributed by atoms with Gasteiger partial charge in [0.2, 0.25) is 11.8 Å². The molecular formula is C34H61N3O4. The molecule has 1 N–H and O–H groups in total. The number of nitrogens with one attached hydrogen (secondary N) is 1. The van der Waals surface area contributed by atoms with E-state index < -0.39 is 12.0 Å². The van der Waals surface area contributed by atoms with Gasteiger partial charge >= 0.3 is 5.97 Å². The van der Waals surface area contributed by atoms with Crippen molar-refractivity contribution in [3.05, 3.63) is 18.2 Å². The van der Waals surface area contributed by atoms with Gasteiger partial charge in [0.1, 0.15) is 6.04 Å². The Morgan fingerprint density at radius 2 is 1.12 bits per heavy atom. The van der Waals surface area contributed by atoms with Crippen molar-refractivity contribution >= 4 is 17.8 Å². The maximum Gasteiger partial charge on any atom is 0.329 e. The lowest BCUT2D eigenvalue weighted by atomic mass is 10.0. The Bertz CT molecular complexity index is 747. The highest BCUT2D eigenvalue weighted by Crippen LogP contribution is 2.18. The molecule has 7 heteroatoms. The van der Waals surface area contributed by atoms with Crippen LogP contribution in [-0.2, 0) is 25.5 Å². The Hall–Kier alpha value is -2.18. The Morgan fingerprint density at radius 3 is 1.54 bits per heavy atom. The molecule has 1 rings (SSSR count). The highest BCUT2D eigenvalue weighted by Gasteiger charge is 2.35. The van der Waals surface area contributed by atoms with Crippen molar-refractivity contribution in [3.8, 4) is 0 Å². The lowest BCUT2D eigenvalue weighted by Gasteiger charge is -2.29. The third kappa shape index (κ3) is 18.1. The van der Waals surface area contributed by atoms with Gasteiger partial charge in [-0.2, -0.15) is 0 Å². The van der Waals surface area contributed by atoms with Crippen LogP contribution in [0.4, 0.5) is 0 Å². The molecule has 0 saturated heterocycles. The summed E-state index contributed by atoms with van der Waals surface area (Å²) in [6, 6.07) is -0.968. The lowest BCUT2D eigenvalue weighted by molar-refractivity contribution is -0.161. The van der Waals surface area contributed by atoms with Gasteiger partial charge < -0.3 is 9.72 Å². The van der Waals surface area contributed by atoms with E-state index >= 15 is 0 Å². The monoisotopic (exact) mass is 575 g/mol. The molecular weight excluding hydrogens is 514 g/mol. The number of aromatic amines is 1. The number of carbonyl (C=O) groups excluding carboxylic acids is 3. The predicted octanol–water partition coefficient (Wildman–Crippen LogP) is 8.86. The van der Waals surface area contributed by atoms with Crippen molar-refractivity contribution in [1.82, 2.24) is 14.9 Å². The summed E-state index contributed by atoms with van der Waals surface area (Å²) in [5, 5.41) is 0. The Labute approximate surface area is 251 Å². The maximum absolute atomic E-state index is 13.5. The molecule has 0 unspecified atom stereocenters. The Kier molecular flexibility index (Phi) is 22.9. The number of unbranched alkanes of at least 4 members (excludes halogenated alkanes) is 17. The van der Waals surface area contributed by atoms with Crippen molar-refractivity contribution in [2.45, 2.75) is 174 Å². The van der Waals surface area contributed by atoms with E-state index in [9.17, 15) is 14.4 Å². The predicted molar refractivity (Wildman–Crippen MR) is 167 cm³/mol. The number of amides is 2. The van der Waals surface area contributed by atoms with E-state index in [0.29, 0.717) is 12.3 Å². The fourth-order valence-corrected chi connectivity index (χ4v) is 5.20. The molecule has 0 aliphatic carbocycles. The molecule has 1 aromatic rings. The fraction of sp³-hybridized carbons (Fsp3) is 0.824. The fourth-order valence-electron chi connectivity index (χ4n) is 5.20. The number of H-pyrrole nitrogens is 1. The van der Waals surface area contributed by atoms with Gasteiger partial charge in [-0.15, -0.1) is 0 Å². The zero-order valence-corrected chi connectivity index (χ0v) is 26.7. The van der Waals surface area contributed by atoms with Gasteiger partial charge in [0.15, 0.2) is 0 Å². The first-order valence-electron chi connectivity index (χ1n) is 17.0. The first kappa shape index (κ1) is 36.8. The van der Waals surface area contributed by atoms with Crippen LogP contribution in [0.15, 0.2) is 12.5 Å². The summed E-state index contributed by atoms with van der Waals surface area (Å²) in [6.45, 7) is 6.78.